The van der Waals surface area contributed by atoms with Crippen molar-refractivity contribution in [1.82, 2.24) is 0 Å². The van der Waals surface area contributed by atoms with Crippen LogP contribution in [-0.2, 0) is 9.53 Å². The molecule has 0 saturated heterocycles. The number of esters is 1. The Kier molecular flexibility index (Phi) is 6.17. The van der Waals surface area contributed by atoms with Crippen LogP contribution >= 0.6 is 11.6 Å². The summed E-state index contributed by atoms with van der Waals surface area (Å²) in [6.45, 7) is 8.15. The highest BCUT2D eigenvalue weighted by molar-refractivity contribution is 6.33. The molecule has 0 atom stereocenters. The largest absolute Gasteiger partial charge is 0.464 e. The smallest absolute Gasteiger partial charge is 0.326 e. The average molecular weight is 221 g/mol. The second-order valence-electron chi connectivity index (χ2n) is 4.50. The van der Waals surface area contributed by atoms with Crippen LogP contribution in [0.3, 0.4) is 0 Å². The number of halogens is 1. The molecule has 0 aromatic rings. The van der Waals surface area contributed by atoms with Gasteiger partial charge in [0, 0.05) is 0 Å². The summed E-state index contributed by atoms with van der Waals surface area (Å²) in [5.41, 5.74) is 0. The molecule has 0 amide bonds. The van der Waals surface area contributed by atoms with Gasteiger partial charge in [0.15, 0.2) is 0 Å². The van der Waals surface area contributed by atoms with Crippen molar-refractivity contribution in [3.8, 4) is 0 Å². The van der Waals surface area contributed by atoms with Crippen LogP contribution in [-0.4, -0.2) is 17.5 Å². The molecule has 0 unspecified atom stereocenters. The second kappa shape index (κ2) is 6.28. The number of carbonyl (C=O) groups excluding carboxylic acids is 1. The maximum atomic E-state index is 11.2. The number of rotatable bonds is 6. The Balaban J connectivity index is 3.42. The van der Waals surface area contributed by atoms with Gasteiger partial charge in [-0.2, -0.15) is 0 Å². The first-order valence-electron chi connectivity index (χ1n) is 5.20. The van der Waals surface area contributed by atoms with Gasteiger partial charge in [-0.25, -0.2) is 0 Å². The lowest BCUT2D eigenvalue weighted by molar-refractivity contribution is -0.146. The maximum absolute atomic E-state index is 11.2. The third-order valence-corrected chi connectivity index (χ3v) is 2.05. The molecular formula is C11H21ClO2. The first kappa shape index (κ1) is 13.8. The fourth-order valence-corrected chi connectivity index (χ4v) is 1.05. The predicted molar refractivity (Wildman–Crippen MR) is 59.6 cm³/mol. The van der Waals surface area contributed by atoms with Crippen molar-refractivity contribution < 1.29 is 9.53 Å². The summed E-state index contributed by atoms with van der Waals surface area (Å²) in [7, 11) is 0. The molecule has 0 radical (unpaired) electrons. The lowest BCUT2D eigenvalue weighted by Gasteiger charge is -2.14. The monoisotopic (exact) mass is 220 g/mol. The van der Waals surface area contributed by atoms with Crippen molar-refractivity contribution in [2.45, 2.75) is 51.8 Å². The molecule has 0 N–H and O–H groups in total. The Hall–Kier alpha value is -0.240. The van der Waals surface area contributed by atoms with Crippen molar-refractivity contribution >= 4 is 17.6 Å². The molecule has 14 heavy (non-hydrogen) atoms. The molecule has 0 saturated carbocycles. The first-order valence-corrected chi connectivity index (χ1v) is 5.58. The van der Waals surface area contributed by atoms with Crippen molar-refractivity contribution in [2.24, 2.45) is 5.92 Å². The standard InChI is InChI=1S/C11H21ClO2/c1-9(2)7-5-6-8-14-10(13)11(3,4)12/h9H,5-8H2,1-4H3. The van der Waals surface area contributed by atoms with E-state index in [1.807, 2.05) is 0 Å². The van der Waals surface area contributed by atoms with Gasteiger partial charge >= 0.3 is 5.97 Å². The van der Waals surface area contributed by atoms with E-state index in [1.165, 1.54) is 6.42 Å². The van der Waals surface area contributed by atoms with Crippen molar-refractivity contribution in [3.05, 3.63) is 0 Å². The summed E-state index contributed by atoms with van der Waals surface area (Å²) in [6, 6.07) is 0. The van der Waals surface area contributed by atoms with E-state index in [0.717, 1.165) is 18.8 Å². The zero-order chi connectivity index (χ0) is 11.2. The van der Waals surface area contributed by atoms with Crippen molar-refractivity contribution in [2.75, 3.05) is 6.61 Å². The Morgan fingerprint density at radius 2 is 1.93 bits per heavy atom. The Morgan fingerprint density at radius 1 is 1.36 bits per heavy atom. The molecule has 0 bridgehead atoms. The minimum atomic E-state index is -0.891. The summed E-state index contributed by atoms with van der Waals surface area (Å²) in [4.78, 5) is 10.3. The normalized spacial score (nSPS) is 11.9. The van der Waals surface area contributed by atoms with E-state index in [0.29, 0.717) is 6.61 Å². The van der Waals surface area contributed by atoms with E-state index >= 15 is 0 Å². The molecule has 0 rings (SSSR count). The molecule has 0 aliphatic carbocycles. The molecule has 0 aromatic carbocycles. The minimum absolute atomic E-state index is 0.330. The van der Waals surface area contributed by atoms with Gasteiger partial charge in [-0.05, 0) is 32.6 Å². The van der Waals surface area contributed by atoms with E-state index < -0.39 is 4.87 Å². The van der Waals surface area contributed by atoms with Crippen LogP contribution in [0.15, 0.2) is 0 Å². The van der Waals surface area contributed by atoms with Gasteiger partial charge in [-0.15, -0.1) is 11.6 Å². The predicted octanol–water partition coefficient (Wildman–Crippen LogP) is 3.37. The molecule has 0 aliphatic rings. The van der Waals surface area contributed by atoms with E-state index in [2.05, 4.69) is 13.8 Å². The molecule has 0 fully saturated rings. The fraction of sp³-hybridized carbons (Fsp3) is 0.909. The van der Waals surface area contributed by atoms with Gasteiger partial charge in [0.1, 0.15) is 4.87 Å². The van der Waals surface area contributed by atoms with Gasteiger partial charge < -0.3 is 4.74 Å². The summed E-state index contributed by atoms with van der Waals surface area (Å²) >= 11 is 5.77. The number of alkyl halides is 1. The second-order valence-corrected chi connectivity index (χ2v) is 5.44. The SMILES string of the molecule is CC(C)CCCCOC(=O)C(C)(C)Cl. The Labute approximate surface area is 92.0 Å². The number of hydrogen-bond acceptors (Lipinski definition) is 2. The zero-order valence-corrected chi connectivity index (χ0v) is 10.4. The highest BCUT2D eigenvalue weighted by atomic mass is 35.5. The van der Waals surface area contributed by atoms with Crippen LogP contribution < -0.4 is 0 Å². The number of unbranched alkanes of at least 4 members (excludes halogenated alkanes) is 1. The van der Waals surface area contributed by atoms with Crippen LogP contribution in [0.2, 0.25) is 0 Å². The summed E-state index contributed by atoms with van der Waals surface area (Å²) in [5.74, 6) is 0.388. The lowest BCUT2D eigenvalue weighted by Crippen LogP contribution is -2.27. The highest BCUT2D eigenvalue weighted by Gasteiger charge is 2.25. The van der Waals surface area contributed by atoms with E-state index in [4.69, 9.17) is 16.3 Å². The Bertz CT molecular complexity index is 171. The van der Waals surface area contributed by atoms with Gasteiger partial charge in [-0.1, -0.05) is 20.3 Å². The quantitative estimate of drug-likeness (QED) is 0.390. The summed E-state index contributed by atoms with van der Waals surface area (Å²) in [5, 5.41) is 0. The third kappa shape index (κ3) is 7.19. The van der Waals surface area contributed by atoms with Crippen molar-refractivity contribution in [3.63, 3.8) is 0 Å². The summed E-state index contributed by atoms with van der Waals surface area (Å²) in [6.07, 6.45) is 3.21. The topological polar surface area (TPSA) is 26.3 Å². The van der Waals surface area contributed by atoms with Crippen LogP contribution in [0.1, 0.15) is 47.0 Å². The lowest BCUT2D eigenvalue weighted by atomic mass is 10.1. The molecule has 2 nitrogen and oxygen atoms in total. The van der Waals surface area contributed by atoms with E-state index in [1.54, 1.807) is 13.8 Å². The highest BCUT2D eigenvalue weighted by Crippen LogP contribution is 2.15. The summed E-state index contributed by atoms with van der Waals surface area (Å²) < 4.78 is 5.02. The molecular weight excluding hydrogens is 200 g/mol. The minimum Gasteiger partial charge on any atom is -0.464 e. The number of carbonyl (C=O) groups is 1. The number of ether oxygens (including phenoxy) is 1. The zero-order valence-electron chi connectivity index (χ0n) is 9.60. The van der Waals surface area contributed by atoms with Crippen LogP contribution in [0, 0.1) is 5.92 Å². The van der Waals surface area contributed by atoms with Gasteiger partial charge in [0.25, 0.3) is 0 Å². The van der Waals surface area contributed by atoms with Gasteiger partial charge in [0.2, 0.25) is 0 Å². The Morgan fingerprint density at radius 3 is 2.36 bits per heavy atom. The van der Waals surface area contributed by atoms with Gasteiger partial charge in [-0.3, -0.25) is 4.79 Å². The maximum Gasteiger partial charge on any atom is 0.326 e. The van der Waals surface area contributed by atoms with E-state index in [-0.39, 0.29) is 5.97 Å². The van der Waals surface area contributed by atoms with Crippen LogP contribution in [0.4, 0.5) is 0 Å². The molecule has 84 valence electrons. The van der Waals surface area contributed by atoms with Crippen molar-refractivity contribution in [1.29, 1.82) is 0 Å². The van der Waals surface area contributed by atoms with Crippen LogP contribution in [0.25, 0.3) is 0 Å². The fourth-order valence-electron chi connectivity index (χ4n) is 0.991. The van der Waals surface area contributed by atoms with Crippen LogP contribution in [0.5, 0.6) is 0 Å². The molecule has 3 heteroatoms. The molecule has 0 heterocycles. The number of hydrogen-bond donors (Lipinski definition) is 0. The first-order chi connectivity index (χ1) is 6.34. The molecule has 0 aromatic heterocycles. The third-order valence-electron chi connectivity index (χ3n) is 1.89. The van der Waals surface area contributed by atoms with E-state index in [9.17, 15) is 4.79 Å². The molecule has 0 aliphatic heterocycles. The van der Waals surface area contributed by atoms with Gasteiger partial charge in [0.05, 0.1) is 6.61 Å². The average Bonchev–Trinajstić information content (AvgIpc) is 2.01. The molecule has 0 spiro atoms.